The van der Waals surface area contributed by atoms with E-state index in [1.54, 1.807) is 25.6 Å². The zero-order valence-electron chi connectivity index (χ0n) is 11.9. The standard InChI is InChI=1S/C15H16N2O3/c1-9-8-12(19-4)10(2)14(20-11(3)18)13(9)15-16-6-5-7-17-15/h5-8H,1-4H3. The Hall–Kier alpha value is -2.43. The van der Waals surface area contributed by atoms with Crippen LogP contribution >= 0.6 is 0 Å². The molecule has 1 heterocycles. The van der Waals surface area contributed by atoms with Gasteiger partial charge in [0.05, 0.1) is 12.7 Å². The van der Waals surface area contributed by atoms with Crippen molar-refractivity contribution in [2.24, 2.45) is 0 Å². The Kier molecular flexibility index (Phi) is 3.98. The number of methoxy groups -OCH3 is 1. The second-order valence-corrected chi connectivity index (χ2v) is 4.39. The first-order valence-electron chi connectivity index (χ1n) is 6.18. The minimum atomic E-state index is -0.391. The Morgan fingerprint density at radius 2 is 1.85 bits per heavy atom. The van der Waals surface area contributed by atoms with Gasteiger partial charge < -0.3 is 9.47 Å². The number of hydrogen-bond donors (Lipinski definition) is 0. The number of benzene rings is 1. The maximum absolute atomic E-state index is 11.4. The van der Waals surface area contributed by atoms with E-state index in [1.807, 2.05) is 19.9 Å². The SMILES string of the molecule is COc1cc(C)c(-c2ncccn2)c(OC(C)=O)c1C. The van der Waals surface area contributed by atoms with Gasteiger partial charge in [0.15, 0.2) is 5.82 Å². The van der Waals surface area contributed by atoms with Crippen LogP contribution in [0.3, 0.4) is 0 Å². The molecule has 0 N–H and O–H groups in total. The molecule has 0 aliphatic heterocycles. The van der Waals surface area contributed by atoms with Crippen molar-refractivity contribution in [2.75, 3.05) is 7.11 Å². The van der Waals surface area contributed by atoms with Crippen LogP contribution in [0.4, 0.5) is 0 Å². The van der Waals surface area contributed by atoms with Gasteiger partial charge in [-0.15, -0.1) is 0 Å². The molecular formula is C15H16N2O3. The van der Waals surface area contributed by atoms with Gasteiger partial charge in [0.1, 0.15) is 11.5 Å². The molecule has 0 atom stereocenters. The van der Waals surface area contributed by atoms with Crippen LogP contribution in [0.5, 0.6) is 11.5 Å². The van der Waals surface area contributed by atoms with E-state index in [0.29, 0.717) is 22.9 Å². The van der Waals surface area contributed by atoms with E-state index in [-0.39, 0.29) is 0 Å². The van der Waals surface area contributed by atoms with E-state index in [2.05, 4.69) is 9.97 Å². The van der Waals surface area contributed by atoms with E-state index < -0.39 is 5.97 Å². The highest BCUT2D eigenvalue weighted by Crippen LogP contribution is 2.39. The fourth-order valence-electron chi connectivity index (χ4n) is 2.04. The van der Waals surface area contributed by atoms with Crippen LogP contribution in [-0.2, 0) is 4.79 Å². The number of esters is 1. The molecule has 0 bridgehead atoms. The van der Waals surface area contributed by atoms with Crippen molar-refractivity contribution >= 4 is 5.97 Å². The average molecular weight is 272 g/mol. The second kappa shape index (κ2) is 5.69. The largest absolute Gasteiger partial charge is 0.496 e. The number of ether oxygens (including phenoxy) is 2. The van der Waals surface area contributed by atoms with Gasteiger partial charge in [-0.2, -0.15) is 0 Å². The summed E-state index contributed by atoms with van der Waals surface area (Å²) in [5.74, 6) is 1.24. The molecule has 0 fully saturated rings. The van der Waals surface area contributed by atoms with E-state index in [0.717, 1.165) is 11.1 Å². The number of aromatic nitrogens is 2. The highest BCUT2D eigenvalue weighted by Gasteiger charge is 2.20. The van der Waals surface area contributed by atoms with Crippen molar-refractivity contribution in [1.82, 2.24) is 9.97 Å². The Morgan fingerprint density at radius 3 is 2.40 bits per heavy atom. The molecular weight excluding hydrogens is 256 g/mol. The summed E-state index contributed by atoms with van der Waals surface area (Å²) in [6.45, 7) is 5.10. The van der Waals surface area contributed by atoms with Crippen LogP contribution in [0.25, 0.3) is 11.4 Å². The van der Waals surface area contributed by atoms with Gasteiger partial charge in [-0.3, -0.25) is 4.79 Å². The predicted octanol–water partition coefficient (Wildman–Crippen LogP) is 2.69. The summed E-state index contributed by atoms with van der Waals surface area (Å²) >= 11 is 0. The van der Waals surface area contributed by atoms with E-state index >= 15 is 0 Å². The molecule has 5 nitrogen and oxygen atoms in total. The van der Waals surface area contributed by atoms with E-state index in [1.165, 1.54) is 6.92 Å². The zero-order valence-corrected chi connectivity index (χ0v) is 11.9. The van der Waals surface area contributed by atoms with Gasteiger partial charge in [-0.1, -0.05) is 0 Å². The van der Waals surface area contributed by atoms with Gasteiger partial charge >= 0.3 is 5.97 Å². The first-order chi connectivity index (χ1) is 9.54. The minimum Gasteiger partial charge on any atom is -0.496 e. The molecule has 0 aliphatic rings. The van der Waals surface area contributed by atoms with Crippen molar-refractivity contribution in [3.8, 4) is 22.9 Å². The molecule has 1 aromatic carbocycles. The number of hydrogen-bond acceptors (Lipinski definition) is 5. The quantitative estimate of drug-likeness (QED) is 0.635. The average Bonchev–Trinajstić information content (AvgIpc) is 2.43. The van der Waals surface area contributed by atoms with Gasteiger partial charge in [0.25, 0.3) is 0 Å². The maximum atomic E-state index is 11.4. The van der Waals surface area contributed by atoms with Crippen LogP contribution in [0.15, 0.2) is 24.5 Å². The monoisotopic (exact) mass is 272 g/mol. The minimum absolute atomic E-state index is 0.391. The smallest absolute Gasteiger partial charge is 0.308 e. The number of carbonyl (C=O) groups is 1. The molecule has 1 aromatic heterocycles. The normalized spacial score (nSPS) is 10.2. The third-order valence-electron chi connectivity index (χ3n) is 2.93. The summed E-state index contributed by atoms with van der Waals surface area (Å²) in [6.07, 6.45) is 3.30. The van der Waals surface area contributed by atoms with Crippen LogP contribution in [0.1, 0.15) is 18.1 Å². The molecule has 2 rings (SSSR count). The summed E-state index contributed by atoms with van der Waals surface area (Å²) in [6, 6.07) is 3.62. The molecule has 0 amide bonds. The van der Waals surface area contributed by atoms with Crippen molar-refractivity contribution in [3.63, 3.8) is 0 Å². The predicted molar refractivity (Wildman–Crippen MR) is 74.8 cm³/mol. The number of carbonyl (C=O) groups excluding carboxylic acids is 1. The number of rotatable bonds is 3. The molecule has 0 saturated heterocycles. The van der Waals surface area contributed by atoms with Crippen molar-refractivity contribution in [1.29, 1.82) is 0 Å². The summed E-state index contributed by atoms with van der Waals surface area (Å²) in [4.78, 5) is 19.8. The third kappa shape index (κ3) is 2.61. The Bertz CT molecular complexity index is 639. The van der Waals surface area contributed by atoms with Crippen LogP contribution in [0, 0.1) is 13.8 Å². The molecule has 0 unspecified atom stereocenters. The van der Waals surface area contributed by atoms with E-state index in [9.17, 15) is 4.79 Å². The van der Waals surface area contributed by atoms with Crippen molar-refractivity contribution in [2.45, 2.75) is 20.8 Å². The highest BCUT2D eigenvalue weighted by atomic mass is 16.5. The van der Waals surface area contributed by atoms with Gasteiger partial charge in [0.2, 0.25) is 0 Å². The fourth-order valence-corrected chi connectivity index (χ4v) is 2.04. The van der Waals surface area contributed by atoms with Crippen LogP contribution < -0.4 is 9.47 Å². The van der Waals surface area contributed by atoms with Crippen molar-refractivity contribution < 1.29 is 14.3 Å². The first-order valence-corrected chi connectivity index (χ1v) is 6.18. The fraction of sp³-hybridized carbons (Fsp3) is 0.267. The van der Waals surface area contributed by atoms with E-state index in [4.69, 9.17) is 9.47 Å². The van der Waals surface area contributed by atoms with Crippen LogP contribution in [-0.4, -0.2) is 23.0 Å². The summed E-state index contributed by atoms with van der Waals surface area (Å²) < 4.78 is 10.7. The van der Waals surface area contributed by atoms with Crippen LogP contribution in [0.2, 0.25) is 0 Å². The Morgan fingerprint density at radius 1 is 1.20 bits per heavy atom. The molecule has 0 spiro atoms. The Balaban J connectivity index is 2.72. The lowest BCUT2D eigenvalue weighted by molar-refractivity contribution is -0.131. The second-order valence-electron chi connectivity index (χ2n) is 4.39. The molecule has 0 aliphatic carbocycles. The lowest BCUT2D eigenvalue weighted by Crippen LogP contribution is -2.07. The zero-order chi connectivity index (χ0) is 14.7. The molecule has 20 heavy (non-hydrogen) atoms. The maximum Gasteiger partial charge on any atom is 0.308 e. The summed E-state index contributed by atoms with van der Waals surface area (Å²) in [7, 11) is 1.58. The van der Waals surface area contributed by atoms with Gasteiger partial charge in [0, 0.05) is 24.9 Å². The molecule has 0 saturated carbocycles. The summed E-state index contributed by atoms with van der Waals surface area (Å²) in [5.41, 5.74) is 2.34. The molecule has 0 radical (unpaired) electrons. The third-order valence-corrected chi connectivity index (χ3v) is 2.93. The molecule has 5 heteroatoms. The Labute approximate surface area is 117 Å². The highest BCUT2D eigenvalue weighted by molar-refractivity contribution is 5.78. The lowest BCUT2D eigenvalue weighted by atomic mass is 10.0. The lowest BCUT2D eigenvalue weighted by Gasteiger charge is -2.16. The molecule has 104 valence electrons. The van der Waals surface area contributed by atoms with Gasteiger partial charge in [-0.05, 0) is 31.5 Å². The van der Waals surface area contributed by atoms with Gasteiger partial charge in [-0.25, -0.2) is 9.97 Å². The molecule has 2 aromatic rings. The first kappa shape index (κ1) is 14.0. The summed E-state index contributed by atoms with van der Waals surface area (Å²) in [5, 5.41) is 0. The number of aryl methyl sites for hydroxylation is 1. The van der Waals surface area contributed by atoms with Crippen molar-refractivity contribution in [3.05, 3.63) is 35.7 Å². The number of nitrogens with zero attached hydrogens (tertiary/aromatic N) is 2. The topological polar surface area (TPSA) is 61.3 Å².